The van der Waals surface area contributed by atoms with Crippen LogP contribution in [-0.2, 0) is 0 Å². The molecule has 0 atom stereocenters. The zero-order chi connectivity index (χ0) is 13.9. The van der Waals surface area contributed by atoms with Crippen LogP contribution in [0.4, 0.5) is 5.69 Å². The molecular formula is C16H22N2. The summed E-state index contributed by atoms with van der Waals surface area (Å²) in [5, 5.41) is 3.17. The van der Waals surface area contributed by atoms with Crippen LogP contribution in [-0.4, -0.2) is 0 Å². The third-order valence-corrected chi connectivity index (χ3v) is 2.90. The fourth-order valence-corrected chi connectivity index (χ4v) is 1.99. The molecule has 3 N–H and O–H groups in total. The first kappa shape index (κ1) is 14.2. The van der Waals surface area contributed by atoms with E-state index >= 15 is 0 Å². The highest BCUT2D eigenvalue weighted by Gasteiger charge is 2.15. The number of nitrogens with two attached hydrogens (primary N) is 1. The van der Waals surface area contributed by atoms with Gasteiger partial charge < -0.3 is 11.1 Å². The summed E-state index contributed by atoms with van der Waals surface area (Å²) in [4.78, 5) is 0. The Bertz CT molecular complexity index is 461. The van der Waals surface area contributed by atoms with E-state index in [-0.39, 0.29) is 0 Å². The SMILES string of the molecule is C#Cc1cc(C(C)C)c(NC(=C)N)c(C(C)C)c1. The van der Waals surface area contributed by atoms with E-state index in [0.717, 1.165) is 11.3 Å². The summed E-state index contributed by atoms with van der Waals surface area (Å²) in [5.74, 6) is 3.91. The Hall–Kier alpha value is -1.88. The van der Waals surface area contributed by atoms with Crippen molar-refractivity contribution in [2.24, 2.45) is 5.73 Å². The van der Waals surface area contributed by atoms with Gasteiger partial charge in [-0.25, -0.2) is 0 Å². The van der Waals surface area contributed by atoms with E-state index in [0.29, 0.717) is 17.7 Å². The van der Waals surface area contributed by atoms with Crippen molar-refractivity contribution in [3.05, 3.63) is 41.2 Å². The Morgan fingerprint density at radius 1 is 1.22 bits per heavy atom. The van der Waals surface area contributed by atoms with Gasteiger partial charge in [0, 0.05) is 11.3 Å². The van der Waals surface area contributed by atoms with Crippen LogP contribution < -0.4 is 11.1 Å². The molecular weight excluding hydrogens is 220 g/mol. The largest absolute Gasteiger partial charge is 0.386 e. The summed E-state index contributed by atoms with van der Waals surface area (Å²) >= 11 is 0. The molecule has 0 radical (unpaired) electrons. The summed E-state index contributed by atoms with van der Waals surface area (Å²) in [6, 6.07) is 4.09. The Labute approximate surface area is 110 Å². The zero-order valence-electron chi connectivity index (χ0n) is 11.7. The molecule has 0 aromatic heterocycles. The maximum atomic E-state index is 5.69. The number of nitrogens with one attached hydrogen (secondary N) is 1. The molecule has 0 bridgehead atoms. The molecule has 0 heterocycles. The Kier molecular flexibility index (Phi) is 4.44. The van der Waals surface area contributed by atoms with Crippen molar-refractivity contribution in [3.8, 4) is 12.3 Å². The molecule has 0 aliphatic carbocycles. The van der Waals surface area contributed by atoms with Crippen molar-refractivity contribution >= 4 is 5.69 Å². The average Bonchev–Trinajstić information content (AvgIpc) is 2.27. The molecule has 0 saturated carbocycles. The third kappa shape index (κ3) is 3.07. The van der Waals surface area contributed by atoms with Crippen molar-refractivity contribution in [2.45, 2.75) is 39.5 Å². The van der Waals surface area contributed by atoms with Crippen LogP contribution in [0.1, 0.15) is 56.2 Å². The molecule has 2 heteroatoms. The smallest absolute Gasteiger partial charge is 0.0930 e. The van der Waals surface area contributed by atoms with E-state index in [1.165, 1.54) is 11.1 Å². The minimum absolute atomic E-state index is 0.373. The van der Waals surface area contributed by atoms with Crippen molar-refractivity contribution in [1.82, 2.24) is 0 Å². The van der Waals surface area contributed by atoms with Gasteiger partial charge in [-0.05, 0) is 35.1 Å². The normalized spacial score (nSPS) is 10.5. The lowest BCUT2D eigenvalue weighted by atomic mass is 9.90. The molecule has 0 saturated heterocycles. The highest BCUT2D eigenvalue weighted by Crippen LogP contribution is 2.34. The van der Waals surface area contributed by atoms with Crippen LogP contribution in [0.3, 0.4) is 0 Å². The lowest BCUT2D eigenvalue weighted by molar-refractivity contribution is 0.836. The van der Waals surface area contributed by atoms with E-state index in [4.69, 9.17) is 12.2 Å². The lowest BCUT2D eigenvalue weighted by Gasteiger charge is -2.21. The van der Waals surface area contributed by atoms with Gasteiger partial charge in [0.25, 0.3) is 0 Å². The van der Waals surface area contributed by atoms with Gasteiger partial charge in [-0.3, -0.25) is 0 Å². The van der Waals surface area contributed by atoms with E-state index in [1.807, 2.05) is 12.1 Å². The number of hydrogen-bond donors (Lipinski definition) is 2. The van der Waals surface area contributed by atoms with Crippen LogP contribution >= 0.6 is 0 Å². The van der Waals surface area contributed by atoms with Gasteiger partial charge in [0.15, 0.2) is 0 Å². The van der Waals surface area contributed by atoms with Crippen LogP contribution in [0.5, 0.6) is 0 Å². The van der Waals surface area contributed by atoms with Crippen LogP contribution in [0, 0.1) is 12.3 Å². The van der Waals surface area contributed by atoms with Crippen LogP contribution in [0.25, 0.3) is 0 Å². The van der Waals surface area contributed by atoms with E-state index in [2.05, 4.69) is 45.5 Å². The van der Waals surface area contributed by atoms with Gasteiger partial charge in [0.2, 0.25) is 0 Å². The van der Waals surface area contributed by atoms with E-state index in [9.17, 15) is 0 Å². The van der Waals surface area contributed by atoms with Crippen molar-refractivity contribution < 1.29 is 0 Å². The molecule has 2 nitrogen and oxygen atoms in total. The molecule has 18 heavy (non-hydrogen) atoms. The molecule has 0 unspecified atom stereocenters. The minimum Gasteiger partial charge on any atom is -0.386 e. The standard InChI is InChI=1S/C16H22N2/c1-7-13-8-14(10(2)3)16(18-12(6)17)15(9-13)11(4)5/h1,8-11,18H,6,17H2,2-5H3. The van der Waals surface area contributed by atoms with E-state index in [1.54, 1.807) is 0 Å². The lowest BCUT2D eigenvalue weighted by Crippen LogP contribution is -2.12. The Balaban J connectivity index is 3.51. The Morgan fingerprint density at radius 2 is 1.67 bits per heavy atom. The van der Waals surface area contributed by atoms with Gasteiger partial charge in [-0.1, -0.05) is 40.2 Å². The quantitative estimate of drug-likeness (QED) is 0.789. The van der Waals surface area contributed by atoms with Crippen molar-refractivity contribution in [2.75, 3.05) is 5.32 Å². The second kappa shape index (κ2) is 5.64. The molecule has 1 rings (SSSR count). The predicted molar refractivity (Wildman–Crippen MR) is 79.5 cm³/mol. The second-order valence-corrected chi connectivity index (χ2v) is 5.13. The third-order valence-electron chi connectivity index (χ3n) is 2.90. The number of rotatable bonds is 4. The molecule has 0 fully saturated rings. The zero-order valence-corrected chi connectivity index (χ0v) is 11.7. The minimum atomic E-state index is 0.373. The molecule has 0 aliphatic rings. The fraction of sp³-hybridized carbons (Fsp3) is 0.375. The average molecular weight is 242 g/mol. The summed E-state index contributed by atoms with van der Waals surface area (Å²) < 4.78 is 0. The number of terminal acetylenes is 1. The van der Waals surface area contributed by atoms with Gasteiger partial charge >= 0.3 is 0 Å². The van der Waals surface area contributed by atoms with E-state index < -0.39 is 0 Å². The molecule has 1 aromatic carbocycles. The van der Waals surface area contributed by atoms with Crippen molar-refractivity contribution in [1.29, 1.82) is 0 Å². The Morgan fingerprint density at radius 3 is 1.94 bits per heavy atom. The fourth-order valence-electron chi connectivity index (χ4n) is 1.99. The first-order valence-corrected chi connectivity index (χ1v) is 6.22. The number of benzene rings is 1. The molecule has 96 valence electrons. The predicted octanol–water partition coefficient (Wildman–Crippen LogP) is 3.76. The molecule has 0 spiro atoms. The molecule has 0 amide bonds. The van der Waals surface area contributed by atoms with Crippen LogP contribution in [0.2, 0.25) is 0 Å². The molecule has 0 aliphatic heterocycles. The maximum Gasteiger partial charge on any atom is 0.0930 e. The van der Waals surface area contributed by atoms with Gasteiger partial charge in [-0.15, -0.1) is 6.42 Å². The van der Waals surface area contributed by atoms with Gasteiger partial charge in [-0.2, -0.15) is 0 Å². The summed E-state index contributed by atoms with van der Waals surface area (Å²) in [6.07, 6.45) is 5.53. The molecule has 1 aromatic rings. The van der Waals surface area contributed by atoms with Gasteiger partial charge in [0.05, 0.1) is 5.82 Å². The monoisotopic (exact) mass is 242 g/mol. The highest BCUT2D eigenvalue weighted by atomic mass is 15.0. The van der Waals surface area contributed by atoms with Crippen LogP contribution in [0.15, 0.2) is 24.5 Å². The van der Waals surface area contributed by atoms with Gasteiger partial charge in [0.1, 0.15) is 0 Å². The maximum absolute atomic E-state index is 5.69. The second-order valence-electron chi connectivity index (χ2n) is 5.13. The first-order chi connectivity index (χ1) is 8.36. The number of hydrogen-bond acceptors (Lipinski definition) is 2. The first-order valence-electron chi connectivity index (χ1n) is 6.22. The summed E-state index contributed by atoms with van der Waals surface area (Å²) in [6.45, 7) is 12.3. The number of anilines is 1. The van der Waals surface area contributed by atoms with Crippen molar-refractivity contribution in [3.63, 3.8) is 0 Å². The summed E-state index contributed by atoms with van der Waals surface area (Å²) in [5.41, 5.74) is 10.0. The topological polar surface area (TPSA) is 38.0 Å². The highest BCUT2D eigenvalue weighted by molar-refractivity contribution is 5.65. The summed E-state index contributed by atoms with van der Waals surface area (Å²) in [7, 11) is 0.